The molecule has 3 heterocycles. The van der Waals surface area contributed by atoms with E-state index in [1.807, 2.05) is 0 Å². The number of hydrogen-bond acceptors (Lipinski definition) is 6. The summed E-state index contributed by atoms with van der Waals surface area (Å²) >= 11 is 3.33. The molecule has 0 radical (unpaired) electrons. The third kappa shape index (κ3) is 4.42. The molecule has 0 bridgehead atoms. The normalized spacial score (nSPS) is 23.9. The van der Waals surface area contributed by atoms with E-state index in [2.05, 4.69) is 30.7 Å². The van der Waals surface area contributed by atoms with Gasteiger partial charge in [-0.05, 0) is 36.7 Å². The van der Waals surface area contributed by atoms with Crippen molar-refractivity contribution in [1.82, 2.24) is 14.9 Å². The molecule has 2 aromatic rings. The Kier molecular flexibility index (Phi) is 5.92. The van der Waals surface area contributed by atoms with Gasteiger partial charge in [0.15, 0.2) is 5.16 Å². The van der Waals surface area contributed by atoms with Crippen molar-refractivity contribution in [2.45, 2.75) is 51.3 Å². The van der Waals surface area contributed by atoms with Crippen LogP contribution in [-0.4, -0.2) is 53.0 Å². The summed E-state index contributed by atoms with van der Waals surface area (Å²) in [5.74, 6) is 2.20. The SMILES string of the molecule is CC(C)CN1CCO[C@@H](CSc2nc3sc4c(c3c(=O)[nH]2)CC[C@H](C)C4)C1. The van der Waals surface area contributed by atoms with Crippen LogP contribution in [0.15, 0.2) is 9.95 Å². The van der Waals surface area contributed by atoms with Gasteiger partial charge >= 0.3 is 0 Å². The minimum atomic E-state index is 0.0283. The fourth-order valence-electron chi connectivity index (χ4n) is 4.13. The highest BCUT2D eigenvalue weighted by Crippen LogP contribution is 2.36. The molecule has 1 aliphatic carbocycles. The second kappa shape index (κ2) is 8.23. The van der Waals surface area contributed by atoms with Crippen LogP contribution < -0.4 is 5.56 Å². The minimum Gasteiger partial charge on any atom is -0.375 e. The van der Waals surface area contributed by atoms with E-state index in [1.165, 1.54) is 16.9 Å². The minimum absolute atomic E-state index is 0.0283. The van der Waals surface area contributed by atoms with Crippen LogP contribution in [0, 0.1) is 11.8 Å². The van der Waals surface area contributed by atoms with Crippen molar-refractivity contribution >= 4 is 33.3 Å². The molecule has 148 valence electrons. The van der Waals surface area contributed by atoms with Crippen LogP contribution >= 0.6 is 23.1 Å². The van der Waals surface area contributed by atoms with Crippen LogP contribution in [0.3, 0.4) is 0 Å². The van der Waals surface area contributed by atoms with Gasteiger partial charge in [-0.15, -0.1) is 11.3 Å². The lowest BCUT2D eigenvalue weighted by atomic mass is 9.89. The predicted molar refractivity (Wildman–Crippen MR) is 113 cm³/mol. The first-order valence-corrected chi connectivity index (χ1v) is 11.8. The Bertz CT molecular complexity index is 861. The Labute approximate surface area is 168 Å². The van der Waals surface area contributed by atoms with Crippen molar-refractivity contribution in [3.63, 3.8) is 0 Å². The van der Waals surface area contributed by atoms with E-state index >= 15 is 0 Å². The van der Waals surface area contributed by atoms with Crippen molar-refractivity contribution in [3.05, 3.63) is 20.8 Å². The first-order chi connectivity index (χ1) is 13.0. The molecule has 7 heteroatoms. The smallest absolute Gasteiger partial charge is 0.260 e. The molecule has 0 aromatic carbocycles. The Morgan fingerprint density at radius 3 is 3.11 bits per heavy atom. The Balaban J connectivity index is 1.46. The average Bonchev–Trinajstić information content (AvgIpc) is 2.97. The molecule has 1 aliphatic heterocycles. The van der Waals surface area contributed by atoms with Gasteiger partial charge in [-0.25, -0.2) is 4.98 Å². The Morgan fingerprint density at radius 1 is 1.44 bits per heavy atom. The molecule has 0 unspecified atom stereocenters. The van der Waals surface area contributed by atoms with Crippen molar-refractivity contribution in [2.24, 2.45) is 11.8 Å². The summed E-state index contributed by atoms with van der Waals surface area (Å²) < 4.78 is 5.93. The number of thiophene rings is 1. The van der Waals surface area contributed by atoms with Gasteiger partial charge in [0.1, 0.15) is 4.83 Å². The summed E-state index contributed by atoms with van der Waals surface area (Å²) in [5, 5.41) is 1.56. The van der Waals surface area contributed by atoms with E-state index in [0.717, 1.165) is 60.2 Å². The van der Waals surface area contributed by atoms with Gasteiger partial charge in [0.2, 0.25) is 0 Å². The Morgan fingerprint density at radius 2 is 2.30 bits per heavy atom. The number of ether oxygens (including phenoxy) is 1. The highest BCUT2D eigenvalue weighted by molar-refractivity contribution is 7.99. The average molecular weight is 408 g/mol. The molecular weight excluding hydrogens is 378 g/mol. The lowest BCUT2D eigenvalue weighted by Crippen LogP contribution is -2.44. The summed E-state index contributed by atoms with van der Waals surface area (Å²) in [6, 6.07) is 0. The van der Waals surface area contributed by atoms with Gasteiger partial charge < -0.3 is 9.72 Å². The molecule has 1 saturated heterocycles. The molecule has 4 rings (SSSR count). The first kappa shape index (κ1) is 19.4. The number of nitrogens with zero attached hydrogens (tertiary/aromatic N) is 2. The molecule has 2 aromatic heterocycles. The second-order valence-electron chi connectivity index (χ2n) is 8.36. The van der Waals surface area contributed by atoms with Gasteiger partial charge in [0.05, 0.1) is 18.1 Å². The maximum Gasteiger partial charge on any atom is 0.260 e. The summed E-state index contributed by atoms with van der Waals surface area (Å²) in [6.45, 7) is 10.7. The monoisotopic (exact) mass is 407 g/mol. The van der Waals surface area contributed by atoms with Crippen LogP contribution in [-0.2, 0) is 17.6 Å². The number of aromatic nitrogens is 2. The Hall–Kier alpha value is -0.890. The first-order valence-electron chi connectivity index (χ1n) is 10.0. The number of aryl methyl sites for hydroxylation is 1. The molecule has 1 fully saturated rings. The number of aromatic amines is 1. The number of thioether (sulfide) groups is 1. The molecule has 1 N–H and O–H groups in total. The van der Waals surface area contributed by atoms with Gasteiger partial charge in [-0.2, -0.15) is 0 Å². The number of morpholine rings is 1. The fraction of sp³-hybridized carbons (Fsp3) is 0.700. The second-order valence-corrected chi connectivity index (χ2v) is 10.5. The molecule has 2 atom stereocenters. The number of fused-ring (bicyclic) bond motifs is 3. The van der Waals surface area contributed by atoms with Gasteiger partial charge in [0, 0.05) is 30.3 Å². The van der Waals surface area contributed by atoms with E-state index in [0.29, 0.717) is 11.8 Å². The van der Waals surface area contributed by atoms with Crippen LogP contribution in [0.5, 0.6) is 0 Å². The maximum atomic E-state index is 12.7. The van der Waals surface area contributed by atoms with E-state index in [4.69, 9.17) is 9.72 Å². The van der Waals surface area contributed by atoms with E-state index in [1.54, 1.807) is 23.1 Å². The maximum absolute atomic E-state index is 12.7. The summed E-state index contributed by atoms with van der Waals surface area (Å²) in [7, 11) is 0. The molecule has 0 saturated carbocycles. The third-order valence-corrected chi connectivity index (χ3v) is 7.55. The van der Waals surface area contributed by atoms with Gasteiger partial charge in [-0.3, -0.25) is 9.69 Å². The highest BCUT2D eigenvalue weighted by Gasteiger charge is 2.24. The quantitative estimate of drug-likeness (QED) is 0.607. The van der Waals surface area contributed by atoms with Crippen molar-refractivity contribution in [3.8, 4) is 0 Å². The van der Waals surface area contributed by atoms with Crippen LogP contribution in [0.4, 0.5) is 0 Å². The van der Waals surface area contributed by atoms with Gasteiger partial charge in [-0.1, -0.05) is 32.5 Å². The van der Waals surface area contributed by atoms with Crippen molar-refractivity contribution in [1.29, 1.82) is 0 Å². The molecule has 0 spiro atoms. The highest BCUT2D eigenvalue weighted by atomic mass is 32.2. The number of rotatable bonds is 5. The number of H-pyrrole nitrogens is 1. The largest absolute Gasteiger partial charge is 0.375 e. The zero-order valence-electron chi connectivity index (χ0n) is 16.4. The van der Waals surface area contributed by atoms with Crippen LogP contribution in [0.25, 0.3) is 10.2 Å². The molecule has 5 nitrogen and oxygen atoms in total. The lowest BCUT2D eigenvalue weighted by molar-refractivity contribution is -0.0191. The van der Waals surface area contributed by atoms with Crippen LogP contribution in [0.1, 0.15) is 37.6 Å². The standard InChI is InChI=1S/C20H29N3O2S2/c1-12(2)9-23-6-7-25-14(10-23)11-26-20-21-18(24)17-15-5-4-13(3)8-16(15)27-19(17)22-20/h12-14H,4-11H2,1-3H3,(H,21,22,24)/t13-,14+/m0/s1. The van der Waals surface area contributed by atoms with Gasteiger partial charge in [0.25, 0.3) is 5.56 Å². The summed E-state index contributed by atoms with van der Waals surface area (Å²) in [4.78, 5) is 25.2. The molecule has 27 heavy (non-hydrogen) atoms. The molecular formula is C20H29N3O2S2. The van der Waals surface area contributed by atoms with E-state index < -0.39 is 0 Å². The molecule has 2 aliphatic rings. The third-order valence-electron chi connectivity index (χ3n) is 5.40. The predicted octanol–water partition coefficient (Wildman–Crippen LogP) is 3.56. The zero-order chi connectivity index (χ0) is 19.0. The number of nitrogens with one attached hydrogen (secondary N) is 1. The lowest BCUT2D eigenvalue weighted by Gasteiger charge is -2.33. The molecule has 0 amide bonds. The van der Waals surface area contributed by atoms with E-state index in [9.17, 15) is 4.79 Å². The topological polar surface area (TPSA) is 58.2 Å². The summed E-state index contributed by atoms with van der Waals surface area (Å²) in [5.41, 5.74) is 1.28. The fourth-order valence-corrected chi connectivity index (χ4v) is 6.44. The van der Waals surface area contributed by atoms with Crippen LogP contribution in [0.2, 0.25) is 0 Å². The van der Waals surface area contributed by atoms with E-state index in [-0.39, 0.29) is 11.7 Å². The summed E-state index contributed by atoms with van der Waals surface area (Å²) in [6.07, 6.45) is 3.46. The van der Waals surface area contributed by atoms with Crippen molar-refractivity contribution < 1.29 is 4.74 Å². The zero-order valence-corrected chi connectivity index (χ0v) is 18.0. The van der Waals surface area contributed by atoms with Crippen molar-refractivity contribution in [2.75, 3.05) is 32.0 Å². The number of hydrogen-bond donors (Lipinski definition) is 1.